The van der Waals surface area contributed by atoms with Gasteiger partial charge in [0.25, 0.3) is 0 Å². The van der Waals surface area contributed by atoms with Crippen LogP contribution in [0.2, 0.25) is 5.15 Å². The predicted molar refractivity (Wildman–Crippen MR) is 91.0 cm³/mol. The molecule has 0 aliphatic heterocycles. The van der Waals surface area contributed by atoms with Crippen LogP contribution < -0.4 is 5.32 Å². The summed E-state index contributed by atoms with van der Waals surface area (Å²) in [5, 5.41) is 7.16. The molecule has 0 amide bonds. The zero-order valence-electron chi connectivity index (χ0n) is 13.1. The van der Waals surface area contributed by atoms with Crippen molar-refractivity contribution >= 4 is 21.4 Å². The van der Waals surface area contributed by atoms with Crippen LogP contribution in [-0.2, 0) is 16.4 Å². The minimum atomic E-state index is -3.96. The van der Waals surface area contributed by atoms with Gasteiger partial charge in [-0.2, -0.15) is 5.10 Å². The van der Waals surface area contributed by atoms with Gasteiger partial charge >= 0.3 is 0 Å². The van der Waals surface area contributed by atoms with Crippen LogP contribution >= 0.6 is 11.6 Å². The summed E-state index contributed by atoms with van der Waals surface area (Å²) < 4.78 is 41.2. The number of aromatic nitrogens is 3. The van der Waals surface area contributed by atoms with E-state index in [9.17, 15) is 12.8 Å². The number of sulfone groups is 1. The lowest BCUT2D eigenvalue weighted by Crippen LogP contribution is -2.11. The van der Waals surface area contributed by atoms with E-state index in [1.54, 1.807) is 13.1 Å². The number of benzene rings is 1. The minimum absolute atomic E-state index is 0.0466. The van der Waals surface area contributed by atoms with Crippen molar-refractivity contribution in [2.75, 3.05) is 7.05 Å². The van der Waals surface area contributed by atoms with Crippen LogP contribution in [0.3, 0.4) is 0 Å². The molecule has 25 heavy (non-hydrogen) atoms. The molecule has 9 heteroatoms. The van der Waals surface area contributed by atoms with E-state index in [0.717, 1.165) is 10.9 Å². The van der Waals surface area contributed by atoms with E-state index in [-0.39, 0.29) is 20.8 Å². The maximum atomic E-state index is 14.2. The molecule has 6 nitrogen and oxygen atoms in total. The topological polar surface area (TPSA) is 76.9 Å². The minimum Gasteiger partial charge on any atom is -0.314 e. The lowest BCUT2D eigenvalue weighted by atomic mass is 10.3. The molecule has 0 radical (unpaired) electrons. The molecule has 0 saturated carbocycles. The van der Waals surface area contributed by atoms with Gasteiger partial charge in [-0.05, 0) is 31.3 Å². The molecule has 0 atom stereocenters. The van der Waals surface area contributed by atoms with Crippen LogP contribution in [-0.4, -0.2) is 30.2 Å². The molecule has 3 rings (SSSR count). The van der Waals surface area contributed by atoms with Gasteiger partial charge in [0.05, 0.1) is 10.6 Å². The van der Waals surface area contributed by atoms with Crippen LogP contribution in [0.5, 0.6) is 0 Å². The predicted octanol–water partition coefficient (Wildman–Crippen LogP) is 2.61. The summed E-state index contributed by atoms with van der Waals surface area (Å²) in [6.45, 7) is 0.336. The molecule has 1 N–H and O–H groups in total. The Morgan fingerprint density at radius 3 is 2.64 bits per heavy atom. The molecule has 3 aromatic rings. The molecule has 1 aromatic carbocycles. The molecule has 0 aliphatic carbocycles. The lowest BCUT2D eigenvalue weighted by molar-refractivity contribution is 0.575. The molecular weight excluding hydrogens is 367 g/mol. The largest absolute Gasteiger partial charge is 0.314 e. The first kappa shape index (κ1) is 17.5. The number of para-hydroxylation sites is 1. The Morgan fingerprint density at radius 2 is 2.00 bits per heavy atom. The number of hydrogen-bond donors (Lipinski definition) is 1. The fourth-order valence-corrected chi connectivity index (χ4v) is 3.76. The molecular formula is C16H14ClFN4O2S. The van der Waals surface area contributed by atoms with Gasteiger partial charge in [0.1, 0.15) is 16.7 Å². The average Bonchev–Trinajstić information content (AvgIpc) is 3.00. The molecule has 2 heterocycles. The molecule has 130 valence electrons. The molecule has 0 aliphatic rings. The first-order valence-corrected chi connectivity index (χ1v) is 9.14. The van der Waals surface area contributed by atoms with Gasteiger partial charge in [0, 0.05) is 18.8 Å². The summed E-state index contributed by atoms with van der Waals surface area (Å²) in [5.41, 5.74) is 0.511. The molecule has 0 unspecified atom stereocenters. The number of hydrogen-bond acceptors (Lipinski definition) is 5. The lowest BCUT2D eigenvalue weighted by Gasteiger charge is -2.09. The van der Waals surface area contributed by atoms with Gasteiger partial charge < -0.3 is 5.32 Å². The molecule has 0 saturated heterocycles. The third-order valence-corrected chi connectivity index (χ3v) is 5.38. The van der Waals surface area contributed by atoms with E-state index in [1.807, 2.05) is 0 Å². The normalized spacial score (nSPS) is 11.6. The van der Waals surface area contributed by atoms with Crippen LogP contribution in [0.1, 0.15) is 5.69 Å². The van der Waals surface area contributed by atoms with Crippen molar-refractivity contribution in [1.29, 1.82) is 0 Å². The van der Waals surface area contributed by atoms with Crippen LogP contribution in [0.15, 0.2) is 58.6 Å². The highest BCUT2D eigenvalue weighted by Crippen LogP contribution is 2.25. The van der Waals surface area contributed by atoms with Crippen molar-refractivity contribution in [3.05, 3.63) is 65.3 Å². The van der Waals surface area contributed by atoms with Gasteiger partial charge in [0.15, 0.2) is 5.03 Å². The second kappa shape index (κ2) is 6.91. The fraction of sp³-hybridized carbons (Fsp3) is 0.125. The highest BCUT2D eigenvalue weighted by molar-refractivity contribution is 7.91. The highest BCUT2D eigenvalue weighted by Gasteiger charge is 2.26. The third-order valence-electron chi connectivity index (χ3n) is 3.45. The summed E-state index contributed by atoms with van der Waals surface area (Å²) >= 11 is 5.72. The first-order valence-electron chi connectivity index (χ1n) is 7.28. The van der Waals surface area contributed by atoms with Crippen molar-refractivity contribution in [3.8, 4) is 5.69 Å². The van der Waals surface area contributed by atoms with E-state index in [1.165, 1.54) is 36.4 Å². The van der Waals surface area contributed by atoms with Crippen LogP contribution in [0.25, 0.3) is 5.69 Å². The van der Waals surface area contributed by atoms with Crippen LogP contribution in [0, 0.1) is 5.82 Å². The Morgan fingerprint density at radius 1 is 1.24 bits per heavy atom. The van der Waals surface area contributed by atoms with Gasteiger partial charge in [-0.3, -0.25) is 0 Å². The number of rotatable bonds is 5. The Labute approximate surface area is 149 Å². The zero-order valence-corrected chi connectivity index (χ0v) is 14.7. The van der Waals surface area contributed by atoms with Crippen molar-refractivity contribution in [2.24, 2.45) is 0 Å². The fourth-order valence-electron chi connectivity index (χ4n) is 2.31. The Balaban J connectivity index is 2.21. The van der Waals surface area contributed by atoms with E-state index >= 15 is 0 Å². The third kappa shape index (κ3) is 3.41. The summed E-state index contributed by atoms with van der Waals surface area (Å²) in [4.78, 5) is 3.75. The number of pyridine rings is 1. The van der Waals surface area contributed by atoms with E-state index in [2.05, 4.69) is 15.4 Å². The average molecular weight is 381 g/mol. The van der Waals surface area contributed by atoms with Crippen molar-refractivity contribution in [3.63, 3.8) is 0 Å². The van der Waals surface area contributed by atoms with E-state index in [4.69, 9.17) is 11.6 Å². The maximum absolute atomic E-state index is 14.2. The van der Waals surface area contributed by atoms with Crippen LogP contribution in [0.4, 0.5) is 4.39 Å². The van der Waals surface area contributed by atoms with Gasteiger partial charge in [-0.15, -0.1) is 0 Å². The van der Waals surface area contributed by atoms with E-state index in [0.29, 0.717) is 12.2 Å². The second-order valence-electron chi connectivity index (χ2n) is 5.19. The summed E-state index contributed by atoms with van der Waals surface area (Å²) in [5.74, 6) is -0.577. The maximum Gasteiger partial charge on any atom is 0.225 e. The monoisotopic (exact) mass is 380 g/mol. The number of halogens is 2. The quantitative estimate of drug-likeness (QED) is 0.688. The molecule has 2 aromatic heterocycles. The first-order chi connectivity index (χ1) is 11.9. The van der Waals surface area contributed by atoms with Crippen molar-refractivity contribution in [2.45, 2.75) is 16.5 Å². The number of nitrogens with zero attached hydrogens (tertiary/aromatic N) is 3. The summed E-state index contributed by atoms with van der Waals surface area (Å²) in [7, 11) is -2.26. The Bertz CT molecular complexity index is 1000. The van der Waals surface area contributed by atoms with Gasteiger partial charge in [-0.25, -0.2) is 22.5 Å². The second-order valence-corrected chi connectivity index (χ2v) is 7.47. The molecule has 0 bridgehead atoms. The smallest absolute Gasteiger partial charge is 0.225 e. The highest BCUT2D eigenvalue weighted by atomic mass is 35.5. The van der Waals surface area contributed by atoms with Gasteiger partial charge in [-0.1, -0.05) is 23.7 Å². The standard InChI is InChI=1S/C16H14ClFN4O2S/c1-19-9-11-8-16(22(21-11)14-5-3-2-4-13(14)18)25(23,24)12-6-7-15(17)20-10-12/h2-8,10,19H,9H2,1H3. The Kier molecular flexibility index (Phi) is 4.85. The van der Waals surface area contributed by atoms with Crippen molar-refractivity contribution < 1.29 is 12.8 Å². The van der Waals surface area contributed by atoms with Gasteiger partial charge in [0.2, 0.25) is 9.84 Å². The molecule has 0 spiro atoms. The molecule has 0 fully saturated rings. The zero-order chi connectivity index (χ0) is 18.0. The van der Waals surface area contributed by atoms with Crippen molar-refractivity contribution in [1.82, 2.24) is 20.1 Å². The SMILES string of the molecule is CNCc1cc(S(=O)(=O)c2ccc(Cl)nc2)n(-c2ccccc2F)n1. The Hall–Kier alpha value is -2.29. The number of nitrogens with one attached hydrogen (secondary N) is 1. The van der Waals surface area contributed by atoms with E-state index < -0.39 is 15.7 Å². The summed E-state index contributed by atoms with van der Waals surface area (Å²) in [6, 6.07) is 9.98. The summed E-state index contributed by atoms with van der Waals surface area (Å²) in [6.07, 6.45) is 1.16.